The van der Waals surface area contributed by atoms with E-state index < -0.39 is 23.6 Å². The Morgan fingerprint density at radius 1 is 1.07 bits per heavy atom. The van der Waals surface area contributed by atoms with Gasteiger partial charge in [-0.3, -0.25) is 4.79 Å². The van der Waals surface area contributed by atoms with E-state index in [2.05, 4.69) is 25.9 Å². The molecule has 2 N–H and O–H groups in total. The SMILES string of the molecule is O=C(Cc1cccc(F)c1)N[C@@H](Cc1ccc(C(F)(F)F)cc1)Cc1nn[nH]n1. The number of halogens is 4. The molecule has 0 aliphatic rings. The minimum Gasteiger partial charge on any atom is -0.352 e. The van der Waals surface area contributed by atoms with E-state index >= 15 is 0 Å². The second kappa shape index (κ2) is 8.80. The van der Waals surface area contributed by atoms with E-state index in [9.17, 15) is 22.4 Å². The molecule has 3 aromatic rings. The Morgan fingerprint density at radius 2 is 1.83 bits per heavy atom. The van der Waals surface area contributed by atoms with E-state index in [4.69, 9.17) is 0 Å². The van der Waals surface area contributed by atoms with E-state index in [1.807, 2.05) is 0 Å². The van der Waals surface area contributed by atoms with Crippen LogP contribution in [0, 0.1) is 5.82 Å². The number of hydrogen-bond acceptors (Lipinski definition) is 4. The zero-order valence-electron chi connectivity index (χ0n) is 15.1. The van der Waals surface area contributed by atoms with Gasteiger partial charge in [-0.1, -0.05) is 29.5 Å². The number of H-pyrrole nitrogens is 1. The zero-order valence-corrected chi connectivity index (χ0v) is 15.1. The highest BCUT2D eigenvalue weighted by atomic mass is 19.4. The van der Waals surface area contributed by atoms with Crippen molar-refractivity contribution in [3.05, 3.63) is 76.9 Å². The maximum Gasteiger partial charge on any atom is 0.416 e. The molecule has 152 valence electrons. The first kappa shape index (κ1) is 20.4. The van der Waals surface area contributed by atoms with Crippen LogP contribution in [0.25, 0.3) is 0 Å². The van der Waals surface area contributed by atoms with Gasteiger partial charge < -0.3 is 5.32 Å². The number of alkyl halides is 3. The minimum atomic E-state index is -4.41. The summed E-state index contributed by atoms with van der Waals surface area (Å²) >= 11 is 0. The standard InChI is InChI=1S/C19H17F4N5O/c20-15-3-1-2-13(8-15)10-18(29)24-16(11-17-25-27-28-26-17)9-12-4-6-14(7-5-12)19(21,22)23/h1-8,16H,9-11H2,(H,24,29)(H,25,26,27,28)/t16-/m0/s1. The summed E-state index contributed by atoms with van der Waals surface area (Å²) < 4.78 is 51.5. The average molecular weight is 407 g/mol. The summed E-state index contributed by atoms with van der Waals surface area (Å²) in [5.74, 6) is -0.438. The highest BCUT2D eigenvalue weighted by Crippen LogP contribution is 2.29. The number of nitrogens with one attached hydrogen (secondary N) is 2. The van der Waals surface area contributed by atoms with Crippen LogP contribution in [0.15, 0.2) is 48.5 Å². The van der Waals surface area contributed by atoms with Crippen molar-refractivity contribution in [2.45, 2.75) is 31.5 Å². The molecule has 0 aliphatic carbocycles. The van der Waals surface area contributed by atoms with Gasteiger partial charge in [0.15, 0.2) is 5.82 Å². The number of nitrogens with zero attached hydrogens (tertiary/aromatic N) is 3. The smallest absolute Gasteiger partial charge is 0.352 e. The Labute approximate surface area is 163 Å². The van der Waals surface area contributed by atoms with Crippen LogP contribution in [0.4, 0.5) is 17.6 Å². The highest BCUT2D eigenvalue weighted by Gasteiger charge is 2.30. The molecule has 0 spiro atoms. The Kier molecular flexibility index (Phi) is 6.20. The Bertz CT molecular complexity index is 942. The molecule has 1 aromatic heterocycles. The summed E-state index contributed by atoms with van der Waals surface area (Å²) in [6, 6.07) is 9.93. The number of benzene rings is 2. The van der Waals surface area contributed by atoms with Gasteiger partial charge in [0.1, 0.15) is 5.82 Å². The maximum absolute atomic E-state index is 13.3. The van der Waals surface area contributed by atoms with Gasteiger partial charge in [-0.15, -0.1) is 10.2 Å². The number of hydrogen-bond donors (Lipinski definition) is 2. The average Bonchev–Trinajstić information content (AvgIpc) is 3.14. The molecular weight excluding hydrogens is 390 g/mol. The molecular formula is C19H17F4N5O. The maximum atomic E-state index is 13.3. The van der Waals surface area contributed by atoms with Gasteiger partial charge in [-0.2, -0.15) is 18.4 Å². The predicted molar refractivity (Wildman–Crippen MR) is 95.1 cm³/mol. The van der Waals surface area contributed by atoms with Crippen LogP contribution in [-0.4, -0.2) is 32.6 Å². The van der Waals surface area contributed by atoms with Crippen molar-refractivity contribution < 1.29 is 22.4 Å². The van der Waals surface area contributed by atoms with Gasteiger partial charge in [0, 0.05) is 12.5 Å². The molecule has 0 saturated carbocycles. The summed E-state index contributed by atoms with van der Waals surface area (Å²) in [6.45, 7) is 0. The molecule has 29 heavy (non-hydrogen) atoms. The molecule has 0 unspecified atom stereocenters. The topological polar surface area (TPSA) is 83.6 Å². The van der Waals surface area contributed by atoms with Gasteiger partial charge >= 0.3 is 6.18 Å². The van der Waals surface area contributed by atoms with Crippen LogP contribution >= 0.6 is 0 Å². The van der Waals surface area contributed by atoms with Crippen molar-refractivity contribution in [2.75, 3.05) is 0 Å². The lowest BCUT2D eigenvalue weighted by Crippen LogP contribution is -2.39. The molecule has 3 rings (SSSR count). The van der Waals surface area contributed by atoms with Crippen molar-refractivity contribution in [1.29, 1.82) is 0 Å². The Balaban J connectivity index is 1.69. The lowest BCUT2D eigenvalue weighted by Gasteiger charge is -2.18. The van der Waals surface area contributed by atoms with E-state index in [0.29, 0.717) is 17.0 Å². The van der Waals surface area contributed by atoms with Crippen LogP contribution in [0.1, 0.15) is 22.5 Å². The summed E-state index contributed by atoms with van der Waals surface area (Å²) in [5, 5.41) is 16.3. The molecule has 0 saturated heterocycles. The minimum absolute atomic E-state index is 0.0342. The number of carbonyl (C=O) groups excluding carboxylic acids is 1. The van der Waals surface area contributed by atoms with E-state index in [1.165, 1.54) is 30.3 Å². The molecule has 0 bridgehead atoms. The molecule has 0 aliphatic heterocycles. The first-order valence-electron chi connectivity index (χ1n) is 8.72. The van der Waals surface area contributed by atoms with Crippen LogP contribution in [0.3, 0.4) is 0 Å². The molecule has 1 heterocycles. The lowest BCUT2D eigenvalue weighted by atomic mass is 10.0. The number of tetrazole rings is 1. The lowest BCUT2D eigenvalue weighted by molar-refractivity contribution is -0.137. The molecule has 0 radical (unpaired) electrons. The summed E-state index contributed by atoms with van der Waals surface area (Å²) in [4.78, 5) is 12.4. The van der Waals surface area contributed by atoms with Gasteiger partial charge in [0.2, 0.25) is 5.91 Å². The van der Waals surface area contributed by atoms with Crippen molar-refractivity contribution in [3.8, 4) is 0 Å². The first-order chi connectivity index (χ1) is 13.8. The predicted octanol–water partition coefficient (Wildman–Crippen LogP) is 2.87. The number of aromatic nitrogens is 4. The summed E-state index contributed by atoms with van der Waals surface area (Å²) in [7, 11) is 0. The van der Waals surface area contributed by atoms with E-state index in [-0.39, 0.29) is 25.2 Å². The third kappa shape index (κ3) is 6.09. The third-order valence-electron chi connectivity index (χ3n) is 4.20. The normalized spacial score (nSPS) is 12.6. The van der Waals surface area contributed by atoms with Crippen LogP contribution < -0.4 is 5.32 Å². The van der Waals surface area contributed by atoms with Gasteiger partial charge in [-0.25, -0.2) is 4.39 Å². The molecule has 0 fully saturated rings. The Morgan fingerprint density at radius 3 is 2.45 bits per heavy atom. The second-order valence-corrected chi connectivity index (χ2v) is 6.50. The highest BCUT2D eigenvalue weighted by molar-refractivity contribution is 5.78. The largest absolute Gasteiger partial charge is 0.416 e. The van der Waals surface area contributed by atoms with Crippen molar-refractivity contribution in [1.82, 2.24) is 25.9 Å². The number of carbonyl (C=O) groups is 1. The van der Waals surface area contributed by atoms with Crippen molar-refractivity contribution >= 4 is 5.91 Å². The Hall–Kier alpha value is -3.30. The van der Waals surface area contributed by atoms with Crippen LogP contribution in [0.5, 0.6) is 0 Å². The number of rotatable bonds is 7. The fourth-order valence-electron chi connectivity index (χ4n) is 2.89. The van der Waals surface area contributed by atoms with E-state index in [0.717, 1.165) is 12.1 Å². The molecule has 10 heteroatoms. The van der Waals surface area contributed by atoms with Crippen LogP contribution in [-0.2, 0) is 30.2 Å². The fourth-order valence-corrected chi connectivity index (χ4v) is 2.89. The van der Waals surface area contributed by atoms with Gasteiger partial charge in [0.25, 0.3) is 0 Å². The fraction of sp³-hybridized carbons (Fsp3) is 0.263. The van der Waals surface area contributed by atoms with Crippen molar-refractivity contribution in [2.24, 2.45) is 0 Å². The monoisotopic (exact) mass is 407 g/mol. The summed E-state index contributed by atoms with van der Waals surface area (Å²) in [6.07, 6.45) is -3.96. The van der Waals surface area contributed by atoms with Gasteiger partial charge in [0.05, 0.1) is 12.0 Å². The van der Waals surface area contributed by atoms with E-state index in [1.54, 1.807) is 6.07 Å². The number of aromatic amines is 1. The number of amides is 1. The zero-order chi connectivity index (χ0) is 20.9. The van der Waals surface area contributed by atoms with Gasteiger partial charge in [-0.05, 0) is 41.8 Å². The van der Waals surface area contributed by atoms with Crippen LogP contribution in [0.2, 0.25) is 0 Å². The quantitative estimate of drug-likeness (QED) is 0.590. The molecule has 1 atom stereocenters. The molecule has 2 aromatic carbocycles. The van der Waals surface area contributed by atoms with Crippen molar-refractivity contribution in [3.63, 3.8) is 0 Å². The third-order valence-corrected chi connectivity index (χ3v) is 4.20. The molecule has 1 amide bonds. The first-order valence-corrected chi connectivity index (χ1v) is 8.72. The second-order valence-electron chi connectivity index (χ2n) is 6.50. The summed E-state index contributed by atoms with van der Waals surface area (Å²) in [5.41, 5.74) is 0.374. The molecule has 6 nitrogen and oxygen atoms in total.